The van der Waals surface area contributed by atoms with Crippen LogP contribution in [0.5, 0.6) is 11.5 Å². The van der Waals surface area contributed by atoms with E-state index in [9.17, 15) is 19.8 Å². The molecule has 10 nitrogen and oxygen atoms in total. The largest absolute Gasteiger partial charge is 0.484 e. The van der Waals surface area contributed by atoms with Gasteiger partial charge in [0.2, 0.25) is 0 Å². The molecule has 8 aliphatic carbocycles. The highest BCUT2D eigenvalue weighted by molar-refractivity contribution is 5.98. The van der Waals surface area contributed by atoms with Crippen molar-refractivity contribution in [3.05, 3.63) is 83.0 Å². The Morgan fingerprint density at radius 2 is 0.943 bits per heavy atom. The quantitative estimate of drug-likeness (QED) is 0.123. The van der Waals surface area contributed by atoms with Crippen LogP contribution in [0.2, 0.25) is 0 Å². The van der Waals surface area contributed by atoms with Crippen LogP contribution in [-0.2, 0) is 9.59 Å². The maximum Gasteiger partial charge on any atom is 0.277 e. The Bertz CT molecular complexity index is 2300. The number of amides is 2. The Labute approximate surface area is 417 Å². The number of aliphatic hydroxyl groups is 2. The number of fused-ring (bicyclic) bond motifs is 10. The molecular weight excluding hydrogens is 873 g/mol. The van der Waals surface area contributed by atoms with Crippen molar-refractivity contribution in [1.29, 1.82) is 0 Å². The molecule has 10 heteroatoms. The number of rotatable bonds is 12. The summed E-state index contributed by atoms with van der Waals surface area (Å²) in [6, 6.07) is 15.9. The number of allylic oxidation sites excluding steroid dienone is 6. The fourth-order valence-corrected chi connectivity index (χ4v) is 16.6. The highest BCUT2D eigenvalue weighted by Gasteiger charge is 2.60. The van der Waals surface area contributed by atoms with E-state index in [0.29, 0.717) is 47.0 Å². The lowest BCUT2D eigenvalue weighted by Gasteiger charge is -2.57. The van der Waals surface area contributed by atoms with E-state index in [0.717, 1.165) is 99.6 Å². The van der Waals surface area contributed by atoms with E-state index in [1.807, 2.05) is 24.3 Å². The number of hydrogen-bond acceptors (Lipinski definition) is 8. The van der Waals surface area contributed by atoms with Gasteiger partial charge in [-0.1, -0.05) is 77.0 Å². The van der Waals surface area contributed by atoms with Crippen LogP contribution < -0.4 is 20.3 Å². The molecule has 2 amide bonds. The Morgan fingerprint density at radius 1 is 0.543 bits per heavy atom. The summed E-state index contributed by atoms with van der Waals surface area (Å²) in [5.74, 6) is 4.70. The van der Waals surface area contributed by atoms with Crippen molar-refractivity contribution in [2.24, 2.45) is 67.4 Å². The second-order valence-electron chi connectivity index (χ2n) is 23.8. The fourth-order valence-electron chi connectivity index (χ4n) is 16.6. The van der Waals surface area contributed by atoms with E-state index >= 15 is 0 Å². The molecule has 10 rings (SSSR count). The number of carbonyl (C=O) groups is 2. The Morgan fingerprint density at radius 3 is 1.33 bits per heavy atom. The van der Waals surface area contributed by atoms with Gasteiger partial charge in [-0.05, 0) is 231 Å². The summed E-state index contributed by atoms with van der Waals surface area (Å²) in [5.41, 5.74) is 15.6. The first-order valence-corrected chi connectivity index (χ1v) is 27.3. The molecule has 0 saturated heterocycles. The topological polar surface area (TPSA) is 142 Å². The Balaban J connectivity index is 0.690. The van der Waals surface area contributed by atoms with Gasteiger partial charge in [-0.2, -0.15) is 10.2 Å². The van der Waals surface area contributed by atoms with Crippen molar-refractivity contribution in [3.8, 4) is 11.5 Å². The summed E-state index contributed by atoms with van der Waals surface area (Å²) in [6.45, 7) is 13.7. The highest BCUT2D eigenvalue weighted by Crippen LogP contribution is 2.67. The predicted molar refractivity (Wildman–Crippen MR) is 278 cm³/mol. The van der Waals surface area contributed by atoms with Crippen LogP contribution in [0.1, 0.15) is 168 Å². The van der Waals surface area contributed by atoms with Crippen LogP contribution in [0, 0.1) is 57.2 Å². The first-order chi connectivity index (χ1) is 33.7. The summed E-state index contributed by atoms with van der Waals surface area (Å²) in [4.78, 5) is 25.9. The van der Waals surface area contributed by atoms with Crippen LogP contribution >= 0.6 is 0 Å². The van der Waals surface area contributed by atoms with Gasteiger partial charge in [-0.15, -0.1) is 0 Å². The minimum atomic E-state index is -0.274. The van der Waals surface area contributed by atoms with E-state index < -0.39 is 0 Å². The molecule has 0 bridgehead atoms. The van der Waals surface area contributed by atoms with E-state index in [2.05, 4.69) is 99.0 Å². The lowest BCUT2D eigenvalue weighted by molar-refractivity contribution is -0.123. The average Bonchev–Trinajstić information content (AvgIpc) is 3.85. The number of hydrazone groups is 2. The number of aliphatic hydroxyl groups excluding tert-OH is 2. The molecular formula is C60H80N4O6. The second-order valence-corrected chi connectivity index (χ2v) is 23.8. The lowest BCUT2D eigenvalue weighted by Crippen LogP contribution is -2.51. The minimum Gasteiger partial charge on any atom is -0.484 e. The summed E-state index contributed by atoms with van der Waals surface area (Å²) >= 11 is 0. The molecule has 0 spiro atoms. The third-order valence-electron chi connectivity index (χ3n) is 20.7. The molecule has 376 valence electrons. The summed E-state index contributed by atoms with van der Waals surface area (Å²) in [5, 5.41) is 30.8. The van der Waals surface area contributed by atoms with E-state index in [1.165, 1.54) is 60.8 Å². The van der Waals surface area contributed by atoms with Gasteiger partial charge in [-0.3, -0.25) is 9.59 Å². The molecule has 70 heavy (non-hydrogen) atoms. The smallest absolute Gasteiger partial charge is 0.277 e. The fraction of sp³-hybridized carbons (Fsp3) is 0.633. The number of benzene rings is 2. The van der Waals surface area contributed by atoms with Gasteiger partial charge in [0.25, 0.3) is 11.8 Å². The molecule has 6 saturated carbocycles. The molecule has 12 atom stereocenters. The van der Waals surface area contributed by atoms with E-state index in [-0.39, 0.29) is 58.9 Å². The Hall–Kier alpha value is -4.54. The van der Waals surface area contributed by atoms with Crippen LogP contribution in [0.3, 0.4) is 0 Å². The molecule has 0 heterocycles. The monoisotopic (exact) mass is 953 g/mol. The zero-order valence-electron chi connectivity index (χ0n) is 43.0. The van der Waals surface area contributed by atoms with Crippen LogP contribution in [0.15, 0.2) is 82.0 Å². The first-order valence-electron chi connectivity index (χ1n) is 27.3. The van der Waals surface area contributed by atoms with E-state index in [1.54, 1.807) is 0 Å². The molecule has 2 aromatic carbocycles. The molecule has 0 aliphatic heterocycles. The minimum absolute atomic E-state index is 0.0914. The highest BCUT2D eigenvalue weighted by atomic mass is 16.5. The van der Waals surface area contributed by atoms with Gasteiger partial charge in [-0.25, -0.2) is 10.9 Å². The number of carbonyl (C=O) groups excluding carboxylic acids is 2. The van der Waals surface area contributed by atoms with Crippen molar-refractivity contribution in [2.45, 2.75) is 169 Å². The Kier molecular flexibility index (Phi) is 13.6. The summed E-state index contributed by atoms with van der Waals surface area (Å²) in [6.07, 6.45) is 23.2. The normalized spacial score (nSPS) is 37.8. The lowest BCUT2D eigenvalue weighted by atomic mass is 9.47. The van der Waals surface area contributed by atoms with Gasteiger partial charge in [0.15, 0.2) is 13.2 Å². The average molecular weight is 953 g/mol. The number of nitrogens with zero attached hydrogens (tertiary/aromatic N) is 2. The van der Waals surface area contributed by atoms with Crippen molar-refractivity contribution < 1.29 is 29.3 Å². The number of nitrogens with one attached hydrogen (secondary N) is 2. The van der Waals surface area contributed by atoms with E-state index in [4.69, 9.17) is 9.47 Å². The first kappa shape index (κ1) is 49.1. The zero-order valence-corrected chi connectivity index (χ0v) is 43.0. The standard InChI is InChI=1S/C60H80N4O6/c1-7-45(37-9-15-43(16-10-37)69-35-55(67)63-61-41-25-29-57(3)39(33-41)13-19-47-49-21-23-53(65)59(49,5)31-27-51(47)57)46(8-2)38-11-17-44(18-12-38)70-36-56(68)64-62-42-26-30-58(4)40(34-42)14-20-48-50-22-24-54(66)60(50,6)32-28-52(48)58/h9-12,15-18,33-34,47-54,65-66H,7-8,13-14,19-32,35-36H2,1-6H3,(H,63,67)(H,64,68)/b46-45+,61-41-,62-42+. The SMILES string of the molecule is CC/C(=C(/CC)c1ccc(OCC(=O)N/N=C2/C=C3CCC4C(CCC5(C)C(O)CCC45)C3(C)CC2)cc1)c1ccc(OCC(=O)N/N=C2\C=C3CCC4C(CCC5(C)C(O)CCC45)C3(C)CC2)cc1. The summed E-state index contributed by atoms with van der Waals surface area (Å²) < 4.78 is 11.8. The maximum atomic E-state index is 12.9. The van der Waals surface area contributed by atoms with Crippen molar-refractivity contribution in [3.63, 3.8) is 0 Å². The molecule has 0 aromatic heterocycles. The molecule has 8 aliphatic rings. The van der Waals surface area contributed by atoms with Crippen molar-refractivity contribution in [1.82, 2.24) is 10.9 Å². The molecule has 6 fully saturated rings. The molecule has 0 radical (unpaired) electrons. The number of ether oxygens (including phenoxy) is 2. The third kappa shape index (κ3) is 8.83. The second kappa shape index (κ2) is 19.5. The third-order valence-corrected chi connectivity index (χ3v) is 20.7. The van der Waals surface area contributed by atoms with Gasteiger partial charge >= 0.3 is 0 Å². The van der Waals surface area contributed by atoms with Crippen molar-refractivity contribution >= 4 is 34.4 Å². The molecule has 12 unspecified atom stereocenters. The molecule has 2 aromatic rings. The summed E-state index contributed by atoms with van der Waals surface area (Å²) in [7, 11) is 0. The van der Waals surface area contributed by atoms with Crippen LogP contribution in [0.4, 0.5) is 0 Å². The van der Waals surface area contributed by atoms with Crippen LogP contribution in [-0.4, -0.2) is 58.9 Å². The number of hydrogen-bond donors (Lipinski definition) is 4. The zero-order chi connectivity index (χ0) is 49.0. The van der Waals surface area contributed by atoms with Gasteiger partial charge in [0.05, 0.1) is 23.6 Å². The molecule has 4 N–H and O–H groups in total. The predicted octanol–water partition coefficient (Wildman–Crippen LogP) is 11.8. The van der Waals surface area contributed by atoms with Gasteiger partial charge in [0, 0.05) is 0 Å². The maximum absolute atomic E-state index is 12.9. The van der Waals surface area contributed by atoms with Gasteiger partial charge in [0.1, 0.15) is 11.5 Å². The van der Waals surface area contributed by atoms with Gasteiger partial charge < -0.3 is 19.7 Å². The van der Waals surface area contributed by atoms with Crippen LogP contribution in [0.25, 0.3) is 11.1 Å². The van der Waals surface area contributed by atoms with Crippen molar-refractivity contribution in [2.75, 3.05) is 13.2 Å².